The summed E-state index contributed by atoms with van der Waals surface area (Å²) in [5, 5.41) is 0.758. The minimum Gasteiger partial charge on any atom is -0.299 e. The molecule has 2 rings (SSSR count). The second kappa shape index (κ2) is 5.66. The van der Waals surface area contributed by atoms with Gasteiger partial charge in [-0.05, 0) is 48.3 Å². The van der Waals surface area contributed by atoms with Crippen LogP contribution < -0.4 is 0 Å². The standard InChI is InChI=1S/C17H23ClO/c1-17(2,3)14-7-8-16(19)13(11-14)9-12-5-4-6-15(18)10-12/h4-6,10,13-14H,7-9,11H2,1-3H3. The van der Waals surface area contributed by atoms with E-state index >= 15 is 0 Å². The van der Waals surface area contributed by atoms with Gasteiger partial charge in [0.05, 0.1) is 0 Å². The lowest BCUT2D eigenvalue weighted by Crippen LogP contribution is -2.33. The van der Waals surface area contributed by atoms with Gasteiger partial charge >= 0.3 is 0 Å². The van der Waals surface area contributed by atoms with Gasteiger partial charge in [-0.3, -0.25) is 4.79 Å². The fourth-order valence-corrected chi connectivity index (χ4v) is 3.26. The molecule has 1 fully saturated rings. The van der Waals surface area contributed by atoms with Crippen molar-refractivity contribution in [3.63, 3.8) is 0 Å². The molecule has 0 amide bonds. The number of rotatable bonds is 2. The van der Waals surface area contributed by atoms with Crippen LogP contribution in [0.5, 0.6) is 0 Å². The minimum absolute atomic E-state index is 0.177. The molecule has 1 nitrogen and oxygen atoms in total. The summed E-state index contributed by atoms with van der Waals surface area (Å²) >= 11 is 6.02. The molecule has 1 aliphatic carbocycles. The number of carbonyl (C=O) groups is 1. The van der Waals surface area contributed by atoms with Crippen LogP contribution >= 0.6 is 11.6 Å². The molecule has 19 heavy (non-hydrogen) atoms. The normalized spacial score (nSPS) is 24.5. The molecule has 0 spiro atoms. The summed E-state index contributed by atoms with van der Waals surface area (Å²) < 4.78 is 0. The number of hydrogen-bond acceptors (Lipinski definition) is 1. The van der Waals surface area contributed by atoms with Crippen LogP contribution in [0.15, 0.2) is 24.3 Å². The van der Waals surface area contributed by atoms with Crippen molar-refractivity contribution in [2.45, 2.75) is 46.5 Å². The summed E-state index contributed by atoms with van der Waals surface area (Å²) in [6.07, 6.45) is 3.66. The molecule has 0 aromatic heterocycles. The Morgan fingerprint density at radius 2 is 2.05 bits per heavy atom. The Labute approximate surface area is 121 Å². The predicted molar refractivity (Wildman–Crippen MR) is 80.4 cm³/mol. The molecule has 0 aliphatic heterocycles. The van der Waals surface area contributed by atoms with E-state index in [4.69, 9.17) is 11.6 Å². The summed E-state index contributed by atoms with van der Waals surface area (Å²) in [4.78, 5) is 12.1. The fourth-order valence-electron chi connectivity index (χ4n) is 3.05. The van der Waals surface area contributed by atoms with Crippen LogP contribution in [0.2, 0.25) is 5.02 Å². The van der Waals surface area contributed by atoms with Crippen molar-refractivity contribution in [2.75, 3.05) is 0 Å². The van der Waals surface area contributed by atoms with Gasteiger partial charge < -0.3 is 0 Å². The second-order valence-corrected chi connectivity index (χ2v) is 7.27. The van der Waals surface area contributed by atoms with Crippen LogP contribution in [0.25, 0.3) is 0 Å². The molecule has 2 atom stereocenters. The highest BCUT2D eigenvalue weighted by molar-refractivity contribution is 6.30. The second-order valence-electron chi connectivity index (χ2n) is 6.83. The zero-order valence-corrected chi connectivity index (χ0v) is 12.8. The van der Waals surface area contributed by atoms with E-state index in [-0.39, 0.29) is 5.92 Å². The lowest BCUT2D eigenvalue weighted by molar-refractivity contribution is -0.126. The molecule has 0 N–H and O–H groups in total. The van der Waals surface area contributed by atoms with Crippen LogP contribution in [-0.2, 0) is 11.2 Å². The molecular weight excluding hydrogens is 256 g/mol. The molecule has 1 aliphatic rings. The Morgan fingerprint density at radius 3 is 2.68 bits per heavy atom. The maximum atomic E-state index is 12.1. The molecule has 104 valence electrons. The lowest BCUT2D eigenvalue weighted by atomic mass is 9.67. The van der Waals surface area contributed by atoms with E-state index < -0.39 is 0 Å². The first-order valence-electron chi connectivity index (χ1n) is 7.13. The van der Waals surface area contributed by atoms with Gasteiger partial charge in [0.1, 0.15) is 5.78 Å². The summed E-state index contributed by atoms with van der Waals surface area (Å²) in [6.45, 7) is 6.84. The molecular formula is C17H23ClO. The van der Waals surface area contributed by atoms with E-state index in [1.807, 2.05) is 18.2 Å². The third-order valence-electron chi connectivity index (χ3n) is 4.36. The topological polar surface area (TPSA) is 17.1 Å². The molecule has 1 saturated carbocycles. The van der Waals surface area contributed by atoms with Crippen molar-refractivity contribution < 1.29 is 4.79 Å². The first-order chi connectivity index (χ1) is 8.86. The molecule has 2 heteroatoms. The Bertz CT molecular complexity index is 459. The Kier molecular flexibility index (Phi) is 4.35. The van der Waals surface area contributed by atoms with Gasteiger partial charge in [0.2, 0.25) is 0 Å². The van der Waals surface area contributed by atoms with E-state index in [0.717, 1.165) is 30.7 Å². The van der Waals surface area contributed by atoms with Crippen LogP contribution in [0, 0.1) is 17.3 Å². The number of Topliss-reactive ketones (excluding diaryl/α,β-unsaturated/α-hetero) is 1. The first-order valence-corrected chi connectivity index (χ1v) is 7.51. The van der Waals surface area contributed by atoms with Crippen LogP contribution in [-0.4, -0.2) is 5.78 Å². The van der Waals surface area contributed by atoms with Crippen molar-refractivity contribution in [1.82, 2.24) is 0 Å². The zero-order chi connectivity index (χ0) is 14.0. The van der Waals surface area contributed by atoms with Crippen LogP contribution in [0.3, 0.4) is 0 Å². The summed E-state index contributed by atoms with van der Waals surface area (Å²) in [6, 6.07) is 7.90. The van der Waals surface area contributed by atoms with Crippen molar-refractivity contribution in [1.29, 1.82) is 0 Å². The average Bonchev–Trinajstić information content (AvgIpc) is 2.30. The smallest absolute Gasteiger partial charge is 0.136 e. The van der Waals surface area contributed by atoms with E-state index in [1.54, 1.807) is 0 Å². The van der Waals surface area contributed by atoms with E-state index in [9.17, 15) is 4.79 Å². The lowest BCUT2D eigenvalue weighted by Gasteiger charge is -2.37. The quantitative estimate of drug-likeness (QED) is 0.751. The Balaban J connectivity index is 2.08. The van der Waals surface area contributed by atoms with Gasteiger partial charge in [-0.1, -0.05) is 44.5 Å². The largest absolute Gasteiger partial charge is 0.299 e. The SMILES string of the molecule is CC(C)(C)C1CCC(=O)C(Cc2cccc(Cl)c2)C1. The van der Waals surface area contributed by atoms with Gasteiger partial charge in [0.15, 0.2) is 0 Å². The highest BCUT2D eigenvalue weighted by Crippen LogP contribution is 2.39. The zero-order valence-electron chi connectivity index (χ0n) is 12.1. The number of halogens is 1. The maximum Gasteiger partial charge on any atom is 0.136 e. The van der Waals surface area contributed by atoms with Crippen molar-refractivity contribution in [2.24, 2.45) is 17.3 Å². The Morgan fingerprint density at radius 1 is 1.32 bits per heavy atom. The minimum atomic E-state index is 0.177. The van der Waals surface area contributed by atoms with Crippen molar-refractivity contribution in [3.05, 3.63) is 34.9 Å². The van der Waals surface area contributed by atoms with Crippen molar-refractivity contribution >= 4 is 17.4 Å². The number of ketones is 1. The van der Waals surface area contributed by atoms with E-state index in [2.05, 4.69) is 26.8 Å². The number of benzene rings is 1. The van der Waals surface area contributed by atoms with Gasteiger partial charge in [0.25, 0.3) is 0 Å². The Hall–Kier alpha value is -0.820. The number of carbonyl (C=O) groups excluding carboxylic acids is 1. The molecule has 0 heterocycles. The molecule has 1 aromatic rings. The van der Waals surface area contributed by atoms with Crippen LogP contribution in [0.1, 0.15) is 45.6 Å². The molecule has 0 radical (unpaired) electrons. The van der Waals surface area contributed by atoms with Crippen LogP contribution in [0.4, 0.5) is 0 Å². The molecule has 1 aromatic carbocycles. The monoisotopic (exact) mass is 278 g/mol. The van der Waals surface area contributed by atoms with Gasteiger partial charge in [0, 0.05) is 17.4 Å². The third kappa shape index (κ3) is 3.82. The van der Waals surface area contributed by atoms with Gasteiger partial charge in [-0.2, -0.15) is 0 Å². The summed E-state index contributed by atoms with van der Waals surface area (Å²) in [5.74, 6) is 1.26. The van der Waals surface area contributed by atoms with Crippen molar-refractivity contribution in [3.8, 4) is 0 Å². The first kappa shape index (κ1) is 14.6. The molecule has 0 saturated heterocycles. The summed E-state index contributed by atoms with van der Waals surface area (Å²) in [5.41, 5.74) is 1.48. The van der Waals surface area contributed by atoms with Gasteiger partial charge in [-0.25, -0.2) is 0 Å². The maximum absolute atomic E-state index is 12.1. The molecule has 2 unspecified atom stereocenters. The number of hydrogen-bond donors (Lipinski definition) is 0. The molecule has 0 bridgehead atoms. The van der Waals surface area contributed by atoms with E-state index in [1.165, 1.54) is 5.56 Å². The summed E-state index contributed by atoms with van der Waals surface area (Å²) in [7, 11) is 0. The van der Waals surface area contributed by atoms with Gasteiger partial charge in [-0.15, -0.1) is 0 Å². The third-order valence-corrected chi connectivity index (χ3v) is 4.59. The highest BCUT2D eigenvalue weighted by Gasteiger charge is 2.34. The predicted octanol–water partition coefficient (Wildman–Crippen LogP) is 4.91. The van der Waals surface area contributed by atoms with E-state index in [0.29, 0.717) is 17.1 Å². The highest BCUT2D eigenvalue weighted by atomic mass is 35.5. The fraction of sp³-hybridized carbons (Fsp3) is 0.588. The average molecular weight is 279 g/mol.